The third kappa shape index (κ3) is 2.44. The van der Waals surface area contributed by atoms with Gasteiger partial charge in [-0.15, -0.1) is 0 Å². The second-order valence-electron chi connectivity index (χ2n) is 4.00. The van der Waals surface area contributed by atoms with E-state index in [4.69, 9.17) is 5.11 Å². The normalized spacial score (nSPS) is 18.4. The molecule has 16 heavy (non-hydrogen) atoms. The first-order valence-corrected chi connectivity index (χ1v) is 6.20. The Morgan fingerprint density at radius 1 is 1.56 bits per heavy atom. The SMILES string of the molecule is O=C(O)CCNC1CCc2c(Br)cccc21. The number of rotatable bonds is 4. The summed E-state index contributed by atoms with van der Waals surface area (Å²) in [6.45, 7) is 0.534. The minimum absolute atomic E-state index is 0.180. The highest BCUT2D eigenvalue weighted by Crippen LogP contribution is 2.35. The van der Waals surface area contributed by atoms with Crippen molar-refractivity contribution >= 4 is 21.9 Å². The molecule has 1 aromatic carbocycles. The first-order chi connectivity index (χ1) is 7.68. The summed E-state index contributed by atoms with van der Waals surface area (Å²) in [5, 5.41) is 11.9. The van der Waals surface area contributed by atoms with Crippen LogP contribution in [0.5, 0.6) is 0 Å². The highest BCUT2D eigenvalue weighted by Gasteiger charge is 2.23. The lowest BCUT2D eigenvalue weighted by Crippen LogP contribution is -2.22. The molecule has 1 aliphatic rings. The molecule has 0 bridgehead atoms. The second kappa shape index (κ2) is 4.97. The molecule has 1 unspecified atom stereocenters. The fourth-order valence-corrected chi connectivity index (χ4v) is 2.75. The monoisotopic (exact) mass is 283 g/mol. The molecule has 86 valence electrons. The number of carboxylic acids is 1. The number of hydrogen-bond donors (Lipinski definition) is 2. The van der Waals surface area contributed by atoms with Crippen LogP contribution < -0.4 is 5.32 Å². The molecule has 3 nitrogen and oxygen atoms in total. The van der Waals surface area contributed by atoms with Crippen LogP contribution in [0.25, 0.3) is 0 Å². The molecule has 0 aliphatic heterocycles. The Morgan fingerprint density at radius 3 is 3.12 bits per heavy atom. The zero-order chi connectivity index (χ0) is 11.5. The van der Waals surface area contributed by atoms with Gasteiger partial charge in [-0.1, -0.05) is 28.1 Å². The topological polar surface area (TPSA) is 49.3 Å². The van der Waals surface area contributed by atoms with Crippen molar-refractivity contribution in [3.8, 4) is 0 Å². The largest absolute Gasteiger partial charge is 0.481 e. The van der Waals surface area contributed by atoms with E-state index in [1.54, 1.807) is 0 Å². The van der Waals surface area contributed by atoms with Gasteiger partial charge in [0.15, 0.2) is 0 Å². The molecule has 4 heteroatoms. The molecular formula is C12H14BrNO2. The average molecular weight is 284 g/mol. The summed E-state index contributed by atoms with van der Waals surface area (Å²) in [7, 11) is 0. The van der Waals surface area contributed by atoms with Crippen LogP contribution in [0.1, 0.15) is 30.0 Å². The van der Waals surface area contributed by atoms with Gasteiger partial charge in [0.1, 0.15) is 0 Å². The first kappa shape index (κ1) is 11.6. The fraction of sp³-hybridized carbons (Fsp3) is 0.417. The molecule has 2 rings (SSSR count). The van der Waals surface area contributed by atoms with E-state index in [1.165, 1.54) is 11.1 Å². The summed E-state index contributed by atoms with van der Waals surface area (Å²) in [6, 6.07) is 6.51. The zero-order valence-electron chi connectivity index (χ0n) is 8.87. The van der Waals surface area contributed by atoms with Crippen LogP contribution in [0.4, 0.5) is 0 Å². The molecule has 0 heterocycles. The lowest BCUT2D eigenvalue weighted by Gasteiger charge is -2.13. The Balaban J connectivity index is 2.01. The van der Waals surface area contributed by atoms with Crippen molar-refractivity contribution < 1.29 is 9.90 Å². The van der Waals surface area contributed by atoms with Gasteiger partial charge in [-0.2, -0.15) is 0 Å². The van der Waals surface area contributed by atoms with Crippen molar-refractivity contribution in [2.24, 2.45) is 0 Å². The minimum Gasteiger partial charge on any atom is -0.481 e. The maximum absolute atomic E-state index is 10.4. The van der Waals surface area contributed by atoms with Crippen molar-refractivity contribution in [3.05, 3.63) is 33.8 Å². The smallest absolute Gasteiger partial charge is 0.304 e. The standard InChI is InChI=1S/C12H14BrNO2/c13-10-3-1-2-9-8(10)4-5-11(9)14-7-6-12(15)16/h1-3,11,14H,4-7H2,(H,15,16). The van der Waals surface area contributed by atoms with Crippen molar-refractivity contribution in [3.63, 3.8) is 0 Å². The van der Waals surface area contributed by atoms with E-state index in [9.17, 15) is 4.79 Å². The number of fused-ring (bicyclic) bond motifs is 1. The van der Waals surface area contributed by atoms with E-state index in [0.29, 0.717) is 12.6 Å². The van der Waals surface area contributed by atoms with E-state index in [0.717, 1.165) is 17.3 Å². The fourth-order valence-electron chi connectivity index (χ4n) is 2.18. The van der Waals surface area contributed by atoms with Crippen molar-refractivity contribution in [2.75, 3.05) is 6.54 Å². The van der Waals surface area contributed by atoms with Crippen LogP contribution in [-0.2, 0) is 11.2 Å². The van der Waals surface area contributed by atoms with E-state index < -0.39 is 5.97 Å². The molecule has 0 saturated carbocycles. The molecule has 1 aliphatic carbocycles. The summed E-state index contributed by atoms with van der Waals surface area (Å²) in [5.41, 5.74) is 2.66. The van der Waals surface area contributed by atoms with Crippen LogP contribution in [0, 0.1) is 0 Å². The number of benzene rings is 1. The van der Waals surface area contributed by atoms with E-state index in [-0.39, 0.29) is 6.42 Å². The number of nitrogens with one attached hydrogen (secondary N) is 1. The number of carboxylic acid groups (broad SMARTS) is 1. The molecule has 0 aromatic heterocycles. The van der Waals surface area contributed by atoms with E-state index in [1.807, 2.05) is 6.07 Å². The summed E-state index contributed by atoms with van der Waals surface area (Å²) in [5.74, 6) is -0.750. The van der Waals surface area contributed by atoms with Crippen molar-refractivity contribution in [1.82, 2.24) is 5.32 Å². The van der Waals surface area contributed by atoms with Gasteiger partial charge in [0.2, 0.25) is 0 Å². The Morgan fingerprint density at radius 2 is 2.38 bits per heavy atom. The van der Waals surface area contributed by atoms with Crippen LogP contribution >= 0.6 is 15.9 Å². The van der Waals surface area contributed by atoms with Gasteiger partial charge < -0.3 is 10.4 Å². The number of halogens is 1. The molecule has 2 N–H and O–H groups in total. The quantitative estimate of drug-likeness (QED) is 0.893. The zero-order valence-corrected chi connectivity index (χ0v) is 10.5. The Labute approximate surface area is 103 Å². The Hall–Kier alpha value is -0.870. The maximum Gasteiger partial charge on any atom is 0.304 e. The lowest BCUT2D eigenvalue weighted by atomic mass is 10.1. The summed E-state index contributed by atoms with van der Waals surface area (Å²) in [6.07, 6.45) is 2.29. The first-order valence-electron chi connectivity index (χ1n) is 5.41. The molecule has 1 atom stereocenters. The Bertz CT molecular complexity index is 406. The van der Waals surface area contributed by atoms with Crippen molar-refractivity contribution in [2.45, 2.75) is 25.3 Å². The molecule has 0 spiro atoms. The minimum atomic E-state index is -0.750. The van der Waals surface area contributed by atoms with Crippen molar-refractivity contribution in [1.29, 1.82) is 0 Å². The summed E-state index contributed by atoms with van der Waals surface area (Å²) >= 11 is 3.54. The molecule has 1 aromatic rings. The van der Waals surface area contributed by atoms with Gasteiger partial charge in [0, 0.05) is 17.1 Å². The average Bonchev–Trinajstić information content (AvgIpc) is 2.63. The van der Waals surface area contributed by atoms with Gasteiger partial charge >= 0.3 is 5.97 Å². The van der Waals surface area contributed by atoms with Gasteiger partial charge in [-0.3, -0.25) is 4.79 Å². The maximum atomic E-state index is 10.4. The number of aliphatic carboxylic acids is 1. The van der Waals surface area contributed by atoms with Crippen LogP contribution in [0.2, 0.25) is 0 Å². The van der Waals surface area contributed by atoms with Gasteiger partial charge in [0.25, 0.3) is 0 Å². The third-order valence-electron chi connectivity index (χ3n) is 2.94. The molecular weight excluding hydrogens is 270 g/mol. The van der Waals surface area contributed by atoms with Crippen LogP contribution in [-0.4, -0.2) is 17.6 Å². The van der Waals surface area contributed by atoms with Gasteiger partial charge in [0.05, 0.1) is 6.42 Å². The van der Waals surface area contributed by atoms with Gasteiger partial charge in [-0.25, -0.2) is 0 Å². The Kier molecular flexibility index (Phi) is 3.61. The van der Waals surface area contributed by atoms with Crippen LogP contribution in [0.15, 0.2) is 22.7 Å². The number of hydrogen-bond acceptors (Lipinski definition) is 2. The van der Waals surface area contributed by atoms with Gasteiger partial charge in [-0.05, 0) is 30.0 Å². The van der Waals surface area contributed by atoms with E-state index in [2.05, 4.69) is 33.4 Å². The van der Waals surface area contributed by atoms with E-state index >= 15 is 0 Å². The highest BCUT2D eigenvalue weighted by atomic mass is 79.9. The number of carbonyl (C=O) groups is 1. The molecule has 0 amide bonds. The summed E-state index contributed by atoms with van der Waals surface area (Å²) in [4.78, 5) is 10.4. The predicted molar refractivity (Wildman–Crippen MR) is 65.5 cm³/mol. The molecule has 0 radical (unpaired) electrons. The molecule has 0 saturated heterocycles. The third-order valence-corrected chi connectivity index (χ3v) is 3.69. The summed E-state index contributed by atoms with van der Waals surface area (Å²) < 4.78 is 1.16. The molecule has 0 fully saturated rings. The second-order valence-corrected chi connectivity index (χ2v) is 4.85. The lowest BCUT2D eigenvalue weighted by molar-refractivity contribution is -0.136. The highest BCUT2D eigenvalue weighted by molar-refractivity contribution is 9.10. The van der Waals surface area contributed by atoms with Crippen LogP contribution in [0.3, 0.4) is 0 Å². The predicted octanol–water partition coefficient (Wildman–Crippen LogP) is 2.50.